The fourth-order valence-electron chi connectivity index (χ4n) is 0.864. The van der Waals surface area contributed by atoms with Crippen molar-refractivity contribution in [2.24, 2.45) is 0 Å². The Bertz CT molecular complexity index is 77.0. The Labute approximate surface area is 59.1 Å². The predicted molar refractivity (Wildman–Crippen MR) is 43.2 cm³/mol. The van der Waals surface area contributed by atoms with Gasteiger partial charge < -0.3 is 0 Å². The first-order valence-electron chi connectivity index (χ1n) is 2.43. The van der Waals surface area contributed by atoms with E-state index in [4.69, 9.17) is 11.1 Å². The molecule has 1 rings (SSSR count). The molecule has 7 heavy (non-hydrogen) atoms. The van der Waals surface area contributed by atoms with E-state index in [-0.39, 0.29) is 7.42 Å². The Morgan fingerprint density at radius 1 is 1.71 bits per heavy atom. The minimum atomic E-state index is -1.03. The van der Waals surface area contributed by atoms with E-state index in [1.807, 2.05) is 0 Å². The normalized spacial score (nSPS) is 51.0. The van der Waals surface area contributed by atoms with Gasteiger partial charge in [-0.2, -0.15) is 11.1 Å². The summed E-state index contributed by atoms with van der Waals surface area (Å²) >= 11 is 9.67. The molecule has 0 aromatic heterocycles. The average molecular weight is 216 g/mol. The zero-order chi connectivity index (χ0) is 5.49. The molecular formula is C3H8BrClSi2. The molecule has 0 unspecified atom stereocenters. The van der Waals surface area contributed by atoms with Gasteiger partial charge >= 0.3 is 0 Å². The number of hydrogen-bond donors (Lipinski definition) is 0. The molecule has 0 aliphatic carbocycles. The second-order valence-electron chi connectivity index (χ2n) is 2.42. The number of hydrogen-bond acceptors (Lipinski definition) is 0. The van der Waals surface area contributed by atoms with Crippen LogP contribution < -0.4 is 0 Å². The molecule has 0 amide bonds. The van der Waals surface area contributed by atoms with E-state index in [2.05, 4.69) is 21.8 Å². The molecule has 1 heterocycles. The zero-order valence-electron chi connectivity index (χ0n) is 4.25. The lowest BCUT2D eigenvalue weighted by atomic mass is 11.7. The quantitative estimate of drug-likeness (QED) is 0.428. The van der Waals surface area contributed by atoms with Crippen LogP contribution >= 0.6 is 26.4 Å². The second-order valence-corrected chi connectivity index (χ2v) is 16.3. The van der Waals surface area contributed by atoms with Crippen LogP contribution in [-0.4, -0.2) is 14.8 Å². The van der Waals surface area contributed by atoms with E-state index in [9.17, 15) is 0 Å². The zero-order valence-corrected chi connectivity index (χ0v) is 8.74. The van der Waals surface area contributed by atoms with Crippen LogP contribution in [0.4, 0.5) is 0 Å². The van der Waals surface area contributed by atoms with Gasteiger partial charge in [0.2, 0.25) is 0 Å². The fourth-order valence-corrected chi connectivity index (χ4v) is 27.3. The molecule has 0 bridgehead atoms. The van der Waals surface area contributed by atoms with Gasteiger partial charge in [0.05, 0.1) is 0 Å². The summed E-state index contributed by atoms with van der Waals surface area (Å²) < 4.78 is 0. The SMILES string of the molecule is C[Si]1(Cl)C[SiH](Br)C1. The summed E-state index contributed by atoms with van der Waals surface area (Å²) in [5, 5.41) is 0. The van der Waals surface area contributed by atoms with Crippen LogP contribution in [0.25, 0.3) is 0 Å². The molecule has 4 heteroatoms. The van der Waals surface area contributed by atoms with Crippen LogP contribution in [0.1, 0.15) is 0 Å². The van der Waals surface area contributed by atoms with Gasteiger partial charge in [-0.15, -0.1) is 15.3 Å². The van der Waals surface area contributed by atoms with Crippen LogP contribution in [0.5, 0.6) is 0 Å². The maximum Gasteiger partial charge on any atom is 0.149 e. The molecule has 42 valence electrons. The lowest BCUT2D eigenvalue weighted by molar-refractivity contribution is 1.56. The van der Waals surface area contributed by atoms with E-state index < -0.39 is 7.38 Å². The Balaban J connectivity index is 2.29. The second kappa shape index (κ2) is 1.86. The van der Waals surface area contributed by atoms with Gasteiger partial charge in [-0.25, -0.2) is 0 Å². The van der Waals surface area contributed by atoms with E-state index in [1.165, 1.54) is 11.3 Å². The van der Waals surface area contributed by atoms with Crippen molar-refractivity contribution < 1.29 is 0 Å². The molecule has 1 saturated heterocycles. The Morgan fingerprint density at radius 2 is 2.14 bits per heavy atom. The van der Waals surface area contributed by atoms with E-state index >= 15 is 0 Å². The van der Waals surface area contributed by atoms with Gasteiger partial charge in [0.15, 0.2) is 0 Å². The highest BCUT2D eigenvalue weighted by molar-refractivity contribution is 9.24. The Hall–Kier alpha value is 1.20. The Kier molecular flexibility index (Phi) is 1.68. The summed E-state index contributed by atoms with van der Waals surface area (Å²) in [5.41, 5.74) is 2.79. The van der Waals surface area contributed by atoms with Crippen molar-refractivity contribution in [1.82, 2.24) is 0 Å². The molecule has 0 N–H and O–H groups in total. The van der Waals surface area contributed by atoms with Crippen molar-refractivity contribution in [3.63, 3.8) is 0 Å². The topological polar surface area (TPSA) is 0 Å². The summed E-state index contributed by atoms with van der Waals surface area (Å²) in [4.78, 5) is 0. The summed E-state index contributed by atoms with van der Waals surface area (Å²) in [6.07, 6.45) is 0. The molecule has 0 saturated carbocycles. The van der Waals surface area contributed by atoms with Gasteiger partial charge in [-0.1, -0.05) is 6.55 Å². The largest absolute Gasteiger partial charge is 0.168 e. The van der Waals surface area contributed by atoms with Gasteiger partial charge in [-0.3, -0.25) is 0 Å². The first-order valence-corrected chi connectivity index (χ1v) is 11.2. The molecule has 1 aliphatic rings. The van der Waals surface area contributed by atoms with Gasteiger partial charge in [0.1, 0.15) is 14.8 Å². The maximum absolute atomic E-state index is 6.04. The molecular weight excluding hydrogens is 208 g/mol. The third-order valence-electron chi connectivity index (χ3n) is 1.29. The van der Waals surface area contributed by atoms with Crippen molar-refractivity contribution in [2.45, 2.75) is 17.9 Å². The van der Waals surface area contributed by atoms with E-state index in [0.29, 0.717) is 0 Å². The van der Waals surface area contributed by atoms with Crippen molar-refractivity contribution in [3.8, 4) is 0 Å². The molecule has 0 spiro atoms. The molecule has 1 fully saturated rings. The minimum absolute atomic E-state index is 0.352. The summed E-state index contributed by atoms with van der Waals surface area (Å²) in [6, 6.07) is 0. The van der Waals surface area contributed by atoms with Crippen molar-refractivity contribution in [1.29, 1.82) is 0 Å². The van der Waals surface area contributed by atoms with Crippen LogP contribution in [0.15, 0.2) is 0 Å². The number of halogens is 2. The van der Waals surface area contributed by atoms with E-state index in [1.54, 1.807) is 0 Å². The van der Waals surface area contributed by atoms with Crippen molar-refractivity contribution in [2.75, 3.05) is 0 Å². The third kappa shape index (κ3) is 1.55. The van der Waals surface area contributed by atoms with Crippen LogP contribution in [0.2, 0.25) is 17.9 Å². The summed E-state index contributed by atoms with van der Waals surface area (Å²) in [7, 11) is -1.38. The van der Waals surface area contributed by atoms with Gasteiger partial charge in [0.25, 0.3) is 0 Å². The van der Waals surface area contributed by atoms with Crippen molar-refractivity contribution in [3.05, 3.63) is 0 Å². The summed E-state index contributed by atoms with van der Waals surface area (Å²) in [6.45, 7) is 2.25. The monoisotopic (exact) mass is 214 g/mol. The molecule has 0 aromatic carbocycles. The molecule has 0 radical (unpaired) electrons. The average Bonchev–Trinajstić information content (AvgIpc) is 1.27. The molecule has 1 aliphatic heterocycles. The first kappa shape index (κ1) is 6.33. The van der Waals surface area contributed by atoms with E-state index in [0.717, 1.165) is 0 Å². The third-order valence-corrected chi connectivity index (χ3v) is 20.3. The molecule has 0 nitrogen and oxygen atoms in total. The molecule has 0 atom stereocenters. The lowest BCUT2D eigenvalue weighted by Gasteiger charge is -2.32. The van der Waals surface area contributed by atoms with Gasteiger partial charge in [-0.05, 0) is 11.3 Å². The van der Waals surface area contributed by atoms with Crippen LogP contribution in [0.3, 0.4) is 0 Å². The Morgan fingerprint density at radius 3 is 2.14 bits per heavy atom. The lowest BCUT2D eigenvalue weighted by Crippen LogP contribution is -2.42. The maximum atomic E-state index is 6.04. The van der Waals surface area contributed by atoms with Crippen LogP contribution in [0, 0.1) is 0 Å². The minimum Gasteiger partial charge on any atom is -0.168 e. The fraction of sp³-hybridized carbons (Fsp3) is 1.00. The standard InChI is InChI=1S/C3H8BrClSi2/c1-7(5)2-6(4)3-7/h6H,2-3H2,1H3. The number of rotatable bonds is 0. The highest BCUT2D eigenvalue weighted by Gasteiger charge is 2.40. The smallest absolute Gasteiger partial charge is 0.149 e. The highest BCUT2D eigenvalue weighted by Crippen LogP contribution is 2.37. The highest BCUT2D eigenvalue weighted by atomic mass is 79.9. The predicted octanol–water partition coefficient (Wildman–Crippen LogP) is 2.01. The van der Waals surface area contributed by atoms with Crippen molar-refractivity contribution >= 4 is 41.2 Å². The van der Waals surface area contributed by atoms with Gasteiger partial charge in [0, 0.05) is 0 Å². The molecule has 0 aromatic rings. The van der Waals surface area contributed by atoms with Crippen LogP contribution in [-0.2, 0) is 0 Å². The summed E-state index contributed by atoms with van der Waals surface area (Å²) in [5.74, 6) is 0. The first-order chi connectivity index (χ1) is 3.10.